The van der Waals surface area contributed by atoms with Crippen molar-refractivity contribution in [3.63, 3.8) is 0 Å². The van der Waals surface area contributed by atoms with Gasteiger partial charge in [0.05, 0.1) is 35.5 Å². The Morgan fingerprint density at radius 2 is 1.86 bits per heavy atom. The summed E-state index contributed by atoms with van der Waals surface area (Å²) in [6.45, 7) is 0. The van der Waals surface area contributed by atoms with Crippen LogP contribution in [0.2, 0.25) is 0 Å². The van der Waals surface area contributed by atoms with Crippen LogP contribution in [0.25, 0.3) is 33.2 Å². The van der Waals surface area contributed by atoms with Gasteiger partial charge in [0.2, 0.25) is 0 Å². The van der Waals surface area contributed by atoms with Gasteiger partial charge in [0.15, 0.2) is 12.1 Å². The van der Waals surface area contributed by atoms with Gasteiger partial charge in [-0.05, 0) is 42.5 Å². The maximum Gasteiger partial charge on any atom is 0.166 e. The molecule has 4 N–H and O–H groups in total. The summed E-state index contributed by atoms with van der Waals surface area (Å²) in [6, 6.07) is 17.5. The zero-order chi connectivity index (χ0) is 23.8. The number of aliphatic hydroxyl groups is 1. The van der Waals surface area contributed by atoms with Crippen LogP contribution >= 0.6 is 0 Å². The van der Waals surface area contributed by atoms with E-state index in [1.165, 1.54) is 0 Å². The third kappa shape index (κ3) is 4.02. The third-order valence-corrected chi connectivity index (χ3v) is 5.88. The van der Waals surface area contributed by atoms with Gasteiger partial charge in [-0.2, -0.15) is 15.3 Å². The first-order chi connectivity index (χ1) is 17.1. The van der Waals surface area contributed by atoms with Crippen LogP contribution < -0.4 is 10.6 Å². The molecule has 0 saturated heterocycles. The minimum Gasteiger partial charge on any atom is -0.368 e. The van der Waals surface area contributed by atoms with Crippen LogP contribution in [-0.2, 0) is 7.05 Å². The molecule has 10 heteroatoms. The highest BCUT2D eigenvalue weighted by atomic mass is 16.3. The number of aromatic nitrogens is 7. The maximum absolute atomic E-state index is 10.8. The number of fused-ring (bicyclic) bond motifs is 2. The molecule has 6 aromatic rings. The van der Waals surface area contributed by atoms with Crippen molar-refractivity contribution in [2.24, 2.45) is 7.05 Å². The molecule has 6 rings (SSSR count). The van der Waals surface area contributed by atoms with Crippen molar-refractivity contribution in [2.75, 3.05) is 10.6 Å². The molecule has 0 fully saturated rings. The highest BCUT2D eigenvalue weighted by molar-refractivity contribution is 5.86. The van der Waals surface area contributed by atoms with E-state index in [4.69, 9.17) is 4.98 Å². The molecule has 0 bridgehead atoms. The Bertz CT molecular complexity index is 1640. The number of nitrogens with zero attached hydrogens (tertiary/aromatic N) is 6. The van der Waals surface area contributed by atoms with Crippen LogP contribution in [0.15, 0.2) is 79.4 Å². The predicted molar refractivity (Wildman–Crippen MR) is 134 cm³/mol. The van der Waals surface area contributed by atoms with Gasteiger partial charge in [-0.3, -0.25) is 5.10 Å². The number of rotatable bonds is 6. The van der Waals surface area contributed by atoms with Crippen molar-refractivity contribution in [3.8, 4) is 11.4 Å². The fraction of sp³-hybridized carbons (Fsp3) is 0.0800. The summed E-state index contributed by atoms with van der Waals surface area (Å²) in [5.74, 6) is 1.29. The first kappa shape index (κ1) is 20.8. The molecule has 2 aromatic carbocycles. The van der Waals surface area contributed by atoms with Crippen LogP contribution in [0.5, 0.6) is 0 Å². The molecule has 0 amide bonds. The summed E-state index contributed by atoms with van der Waals surface area (Å²) < 4.78 is 1.95. The lowest BCUT2D eigenvalue weighted by atomic mass is 10.1. The Morgan fingerprint density at radius 3 is 2.74 bits per heavy atom. The fourth-order valence-electron chi connectivity index (χ4n) is 4.10. The van der Waals surface area contributed by atoms with Crippen molar-refractivity contribution in [1.29, 1.82) is 0 Å². The van der Waals surface area contributed by atoms with Gasteiger partial charge in [0.25, 0.3) is 0 Å². The number of aromatic amines is 1. The van der Waals surface area contributed by atoms with Crippen LogP contribution in [0.3, 0.4) is 0 Å². The Kier molecular flexibility index (Phi) is 5.04. The van der Waals surface area contributed by atoms with E-state index in [-0.39, 0.29) is 0 Å². The minimum absolute atomic E-state index is 0.602. The molecule has 0 aliphatic heterocycles. The molecule has 10 nitrogen and oxygen atoms in total. The maximum atomic E-state index is 10.8. The van der Waals surface area contributed by atoms with Crippen LogP contribution in [0.1, 0.15) is 11.9 Å². The molecule has 0 aliphatic carbocycles. The highest BCUT2D eigenvalue weighted by Gasteiger charge is 2.15. The van der Waals surface area contributed by atoms with Gasteiger partial charge in [0, 0.05) is 40.8 Å². The van der Waals surface area contributed by atoms with E-state index in [1.807, 2.05) is 60.1 Å². The molecule has 4 heterocycles. The number of benzene rings is 2. The van der Waals surface area contributed by atoms with Gasteiger partial charge < -0.3 is 20.3 Å². The number of H-pyrrole nitrogens is 1. The summed E-state index contributed by atoms with van der Waals surface area (Å²) in [6.07, 6.45) is 5.75. The molecule has 1 unspecified atom stereocenters. The summed E-state index contributed by atoms with van der Waals surface area (Å²) in [5, 5.41) is 33.8. The number of hydrogen-bond donors (Lipinski definition) is 4. The topological polar surface area (TPSA) is 129 Å². The van der Waals surface area contributed by atoms with E-state index in [0.29, 0.717) is 17.3 Å². The average Bonchev–Trinajstić information content (AvgIpc) is 3.48. The molecule has 172 valence electrons. The van der Waals surface area contributed by atoms with E-state index in [1.54, 1.807) is 30.9 Å². The summed E-state index contributed by atoms with van der Waals surface area (Å²) in [7, 11) is 1.92. The molecule has 0 spiro atoms. The second-order valence-corrected chi connectivity index (χ2v) is 8.14. The number of hydrogen-bond acceptors (Lipinski definition) is 8. The van der Waals surface area contributed by atoms with Crippen LogP contribution in [-0.4, -0.2) is 40.0 Å². The van der Waals surface area contributed by atoms with E-state index >= 15 is 0 Å². The Balaban J connectivity index is 1.28. The van der Waals surface area contributed by atoms with E-state index < -0.39 is 6.23 Å². The Hall–Kier alpha value is -4.83. The predicted octanol–water partition coefficient (Wildman–Crippen LogP) is 4.15. The quantitative estimate of drug-likeness (QED) is 0.271. The first-order valence-corrected chi connectivity index (χ1v) is 11.0. The Labute approximate surface area is 199 Å². The third-order valence-electron chi connectivity index (χ3n) is 5.88. The highest BCUT2D eigenvalue weighted by Crippen LogP contribution is 2.28. The van der Waals surface area contributed by atoms with Crippen molar-refractivity contribution in [1.82, 2.24) is 34.9 Å². The summed E-state index contributed by atoms with van der Waals surface area (Å²) in [4.78, 5) is 9.19. The molecule has 0 radical (unpaired) electrons. The van der Waals surface area contributed by atoms with Crippen LogP contribution in [0.4, 0.5) is 17.2 Å². The number of aliphatic hydroxyl groups excluding tert-OH is 1. The first-order valence-electron chi connectivity index (χ1n) is 11.0. The van der Waals surface area contributed by atoms with Crippen molar-refractivity contribution >= 4 is 39.0 Å². The van der Waals surface area contributed by atoms with Gasteiger partial charge in [-0.1, -0.05) is 12.1 Å². The molecular formula is C25H21N9O. The van der Waals surface area contributed by atoms with Crippen molar-refractivity contribution < 1.29 is 5.11 Å². The number of nitrogens with one attached hydrogen (secondary N) is 3. The van der Waals surface area contributed by atoms with E-state index in [2.05, 4.69) is 36.0 Å². The lowest BCUT2D eigenvalue weighted by Crippen LogP contribution is -2.13. The smallest absolute Gasteiger partial charge is 0.166 e. The Morgan fingerprint density at radius 1 is 0.914 bits per heavy atom. The molecule has 0 aliphatic rings. The second kappa shape index (κ2) is 8.50. The largest absolute Gasteiger partial charge is 0.368 e. The second-order valence-electron chi connectivity index (χ2n) is 8.14. The zero-order valence-corrected chi connectivity index (χ0v) is 18.7. The van der Waals surface area contributed by atoms with Crippen molar-refractivity contribution in [2.45, 2.75) is 6.23 Å². The van der Waals surface area contributed by atoms with Gasteiger partial charge in [-0.15, -0.1) is 0 Å². The van der Waals surface area contributed by atoms with Crippen molar-refractivity contribution in [3.05, 3.63) is 85.1 Å². The summed E-state index contributed by atoms with van der Waals surface area (Å²) in [5.41, 5.74) is 5.13. The number of anilines is 3. The zero-order valence-electron chi connectivity index (χ0n) is 18.7. The average molecular weight is 464 g/mol. The molecule has 0 saturated carbocycles. The standard InChI is InChI=1S/C25H21N9O/c1-34-21-12-16(3-2-15(21)11-22(34)25(35)31-19-6-9-27-28-14-19)24-26-8-7-23(32-24)30-18-4-5-20-17(10-18)13-29-33-20/h2-14,25,35H,1H3,(H,27,31)(H,29,33)(H,26,30,32). The van der Waals surface area contributed by atoms with E-state index in [9.17, 15) is 5.11 Å². The SMILES string of the molecule is Cn1c(C(O)Nc2ccnnc2)cc2ccc(-c3nccc(Nc4ccc5[nH]ncc5c4)n3)cc21. The van der Waals surface area contributed by atoms with E-state index in [0.717, 1.165) is 38.8 Å². The normalized spacial score (nSPS) is 12.2. The molecule has 4 aromatic heterocycles. The van der Waals surface area contributed by atoms with Gasteiger partial charge >= 0.3 is 0 Å². The van der Waals surface area contributed by atoms with Crippen LogP contribution in [0, 0.1) is 0 Å². The van der Waals surface area contributed by atoms with Gasteiger partial charge in [-0.25, -0.2) is 9.97 Å². The number of aryl methyl sites for hydroxylation is 1. The summed E-state index contributed by atoms with van der Waals surface area (Å²) >= 11 is 0. The lowest BCUT2D eigenvalue weighted by Gasteiger charge is -2.15. The molecular weight excluding hydrogens is 442 g/mol. The molecule has 1 atom stereocenters. The monoisotopic (exact) mass is 463 g/mol. The molecule has 35 heavy (non-hydrogen) atoms. The van der Waals surface area contributed by atoms with Gasteiger partial charge in [0.1, 0.15) is 5.82 Å². The fourth-order valence-corrected chi connectivity index (χ4v) is 4.10. The lowest BCUT2D eigenvalue weighted by molar-refractivity contribution is 0.200. The minimum atomic E-state index is -0.906.